The molecule has 0 radical (unpaired) electrons. The van der Waals surface area contributed by atoms with Crippen LogP contribution in [0.15, 0.2) is 30.3 Å². The molecule has 0 bridgehead atoms. The van der Waals surface area contributed by atoms with Crippen molar-refractivity contribution in [3.63, 3.8) is 0 Å². The van der Waals surface area contributed by atoms with Gasteiger partial charge in [-0.1, -0.05) is 0 Å². The minimum absolute atomic E-state index is 0.264. The number of anilines is 1. The Morgan fingerprint density at radius 3 is 2.12 bits per heavy atom. The van der Waals surface area contributed by atoms with Crippen LogP contribution >= 0.6 is 12.2 Å². The van der Waals surface area contributed by atoms with E-state index in [9.17, 15) is 8.78 Å². The van der Waals surface area contributed by atoms with E-state index in [1.54, 1.807) is 12.1 Å². The van der Waals surface area contributed by atoms with Crippen LogP contribution in [0.1, 0.15) is 5.56 Å². The lowest BCUT2D eigenvalue weighted by Crippen LogP contribution is -2.28. The van der Waals surface area contributed by atoms with E-state index in [4.69, 9.17) is 26.4 Å². The highest BCUT2D eigenvalue weighted by molar-refractivity contribution is 7.80. The van der Waals surface area contributed by atoms with Crippen molar-refractivity contribution in [2.45, 2.75) is 6.54 Å². The van der Waals surface area contributed by atoms with Crippen molar-refractivity contribution in [3.8, 4) is 17.2 Å². The second kappa shape index (κ2) is 8.48. The predicted molar refractivity (Wildman–Crippen MR) is 95.5 cm³/mol. The minimum atomic E-state index is -0.947. The molecule has 0 aliphatic rings. The van der Waals surface area contributed by atoms with Crippen molar-refractivity contribution in [1.82, 2.24) is 5.32 Å². The summed E-state index contributed by atoms with van der Waals surface area (Å²) in [4.78, 5) is 0. The lowest BCUT2D eigenvalue weighted by molar-refractivity contribution is 0.323. The van der Waals surface area contributed by atoms with Gasteiger partial charge < -0.3 is 24.8 Å². The van der Waals surface area contributed by atoms with Gasteiger partial charge >= 0.3 is 0 Å². The zero-order chi connectivity index (χ0) is 18.4. The minimum Gasteiger partial charge on any atom is -0.493 e. The highest BCUT2D eigenvalue weighted by Crippen LogP contribution is 2.38. The monoisotopic (exact) mass is 368 g/mol. The molecule has 2 rings (SSSR count). The maximum absolute atomic E-state index is 13.2. The Bertz CT molecular complexity index is 747. The van der Waals surface area contributed by atoms with E-state index in [1.165, 1.54) is 27.4 Å². The number of thiocarbonyl (C=S) groups is 1. The van der Waals surface area contributed by atoms with Gasteiger partial charge in [0.15, 0.2) is 28.2 Å². The fraction of sp³-hybridized carbons (Fsp3) is 0.235. The fourth-order valence-corrected chi connectivity index (χ4v) is 2.36. The van der Waals surface area contributed by atoms with Crippen LogP contribution in [-0.2, 0) is 6.54 Å². The summed E-state index contributed by atoms with van der Waals surface area (Å²) in [7, 11) is 4.59. The van der Waals surface area contributed by atoms with Crippen LogP contribution < -0.4 is 24.8 Å². The van der Waals surface area contributed by atoms with Gasteiger partial charge in [-0.3, -0.25) is 0 Å². The Labute approximate surface area is 149 Å². The van der Waals surface area contributed by atoms with Crippen LogP contribution in [-0.4, -0.2) is 26.4 Å². The Hall–Kier alpha value is -2.61. The second-order valence-corrected chi connectivity index (χ2v) is 5.38. The molecule has 134 valence electrons. The largest absolute Gasteiger partial charge is 0.493 e. The van der Waals surface area contributed by atoms with Crippen molar-refractivity contribution in [2.75, 3.05) is 26.6 Å². The smallest absolute Gasteiger partial charge is 0.203 e. The molecule has 0 aliphatic carbocycles. The van der Waals surface area contributed by atoms with E-state index >= 15 is 0 Å². The van der Waals surface area contributed by atoms with Crippen molar-refractivity contribution < 1.29 is 23.0 Å². The summed E-state index contributed by atoms with van der Waals surface area (Å²) in [5.74, 6) is -0.313. The van der Waals surface area contributed by atoms with E-state index in [0.717, 1.165) is 17.7 Å². The first kappa shape index (κ1) is 18.7. The van der Waals surface area contributed by atoms with Crippen LogP contribution in [0.25, 0.3) is 0 Å². The second-order valence-electron chi connectivity index (χ2n) is 4.97. The molecule has 25 heavy (non-hydrogen) atoms. The molecular weight excluding hydrogens is 350 g/mol. The number of methoxy groups -OCH3 is 3. The standard InChI is InChI=1S/C17H18F2N2O3S/c1-22-14-6-10(7-15(23-2)16(14)24-3)9-20-17(25)21-11-4-5-12(18)13(19)8-11/h4-8H,9H2,1-3H3,(H2,20,21,25). The van der Waals surface area contributed by atoms with E-state index in [1.807, 2.05) is 0 Å². The van der Waals surface area contributed by atoms with Gasteiger partial charge in [0.25, 0.3) is 0 Å². The molecule has 0 unspecified atom stereocenters. The summed E-state index contributed by atoms with van der Waals surface area (Å²) in [6.45, 7) is 0.367. The van der Waals surface area contributed by atoms with E-state index in [-0.39, 0.29) is 5.11 Å². The van der Waals surface area contributed by atoms with Crippen LogP contribution in [0.2, 0.25) is 0 Å². The summed E-state index contributed by atoms with van der Waals surface area (Å²) in [5, 5.41) is 6.02. The molecule has 0 heterocycles. The molecule has 0 aromatic heterocycles. The maximum atomic E-state index is 13.2. The average Bonchev–Trinajstić information content (AvgIpc) is 2.62. The molecule has 5 nitrogen and oxygen atoms in total. The number of benzene rings is 2. The zero-order valence-electron chi connectivity index (χ0n) is 14.0. The Balaban J connectivity index is 2.04. The van der Waals surface area contributed by atoms with Gasteiger partial charge in [0.05, 0.1) is 21.3 Å². The third kappa shape index (κ3) is 4.69. The molecule has 0 saturated heterocycles. The van der Waals surface area contributed by atoms with Gasteiger partial charge in [-0.25, -0.2) is 8.78 Å². The number of halogens is 2. The van der Waals surface area contributed by atoms with Gasteiger partial charge in [-0.15, -0.1) is 0 Å². The van der Waals surface area contributed by atoms with Crippen LogP contribution in [0, 0.1) is 11.6 Å². The number of hydrogen-bond donors (Lipinski definition) is 2. The topological polar surface area (TPSA) is 51.8 Å². The summed E-state index contributed by atoms with van der Waals surface area (Å²) in [6.07, 6.45) is 0. The Morgan fingerprint density at radius 1 is 0.960 bits per heavy atom. The quantitative estimate of drug-likeness (QED) is 0.762. The third-order valence-electron chi connectivity index (χ3n) is 3.36. The lowest BCUT2D eigenvalue weighted by Gasteiger charge is -2.15. The van der Waals surface area contributed by atoms with Gasteiger partial charge in [-0.2, -0.15) is 0 Å². The highest BCUT2D eigenvalue weighted by Gasteiger charge is 2.13. The zero-order valence-corrected chi connectivity index (χ0v) is 14.8. The normalized spacial score (nSPS) is 10.1. The van der Waals surface area contributed by atoms with Crippen molar-refractivity contribution in [2.24, 2.45) is 0 Å². The van der Waals surface area contributed by atoms with Crippen molar-refractivity contribution >= 4 is 23.0 Å². The molecule has 0 saturated carbocycles. The van der Waals surface area contributed by atoms with Crippen LogP contribution in [0.3, 0.4) is 0 Å². The molecule has 0 atom stereocenters. The number of rotatable bonds is 6. The fourth-order valence-electron chi connectivity index (χ4n) is 2.17. The summed E-state index contributed by atoms with van der Waals surface area (Å²) in [5.41, 5.74) is 1.19. The SMILES string of the molecule is COc1cc(CNC(=S)Nc2ccc(F)c(F)c2)cc(OC)c1OC. The first-order valence-electron chi connectivity index (χ1n) is 7.27. The first-order valence-corrected chi connectivity index (χ1v) is 7.68. The van der Waals surface area contributed by atoms with Gasteiger partial charge in [-0.05, 0) is 42.0 Å². The molecule has 0 fully saturated rings. The molecule has 0 spiro atoms. The van der Waals surface area contributed by atoms with E-state index < -0.39 is 11.6 Å². The van der Waals surface area contributed by atoms with Crippen molar-refractivity contribution in [1.29, 1.82) is 0 Å². The maximum Gasteiger partial charge on any atom is 0.203 e. The molecule has 0 aliphatic heterocycles. The van der Waals surface area contributed by atoms with Gasteiger partial charge in [0.1, 0.15) is 0 Å². The molecule has 2 N–H and O–H groups in total. The third-order valence-corrected chi connectivity index (χ3v) is 3.60. The predicted octanol–water partition coefficient (Wildman–Crippen LogP) is 3.48. The van der Waals surface area contributed by atoms with Gasteiger partial charge in [0.2, 0.25) is 5.75 Å². The highest BCUT2D eigenvalue weighted by atomic mass is 32.1. The molecule has 0 amide bonds. The Kier molecular flexibility index (Phi) is 6.35. The van der Waals surface area contributed by atoms with Crippen LogP contribution in [0.4, 0.5) is 14.5 Å². The Morgan fingerprint density at radius 2 is 1.60 bits per heavy atom. The summed E-state index contributed by atoms with van der Waals surface area (Å²) < 4.78 is 42.0. The summed E-state index contributed by atoms with van der Waals surface area (Å²) >= 11 is 5.16. The summed E-state index contributed by atoms with van der Waals surface area (Å²) in [6, 6.07) is 7.02. The first-order chi connectivity index (χ1) is 12.0. The van der Waals surface area contributed by atoms with E-state index in [2.05, 4.69) is 10.6 Å². The molecular formula is C17H18F2N2O3S. The van der Waals surface area contributed by atoms with Crippen molar-refractivity contribution in [3.05, 3.63) is 47.5 Å². The lowest BCUT2D eigenvalue weighted by atomic mass is 10.2. The van der Waals surface area contributed by atoms with Gasteiger partial charge in [0, 0.05) is 18.3 Å². The number of ether oxygens (including phenoxy) is 3. The molecule has 2 aromatic rings. The average molecular weight is 368 g/mol. The van der Waals surface area contributed by atoms with Crippen LogP contribution in [0.5, 0.6) is 17.2 Å². The van der Waals surface area contributed by atoms with E-state index in [0.29, 0.717) is 29.5 Å². The number of nitrogens with one attached hydrogen (secondary N) is 2. The molecule has 8 heteroatoms. The molecule has 2 aromatic carbocycles. The number of hydrogen-bond acceptors (Lipinski definition) is 4.